The van der Waals surface area contributed by atoms with Crippen LogP contribution in [0.3, 0.4) is 0 Å². The summed E-state index contributed by atoms with van der Waals surface area (Å²) >= 11 is 6.02. The van der Waals surface area contributed by atoms with Crippen molar-refractivity contribution in [3.05, 3.63) is 29.3 Å². The summed E-state index contributed by atoms with van der Waals surface area (Å²) in [5.74, 6) is -0.209. The normalized spacial score (nSPS) is 26.5. The Labute approximate surface area is 159 Å². The molecule has 2 saturated heterocycles. The lowest BCUT2D eigenvalue weighted by Crippen LogP contribution is -2.52. The van der Waals surface area contributed by atoms with Crippen molar-refractivity contribution in [1.29, 1.82) is 0 Å². The van der Waals surface area contributed by atoms with E-state index in [1.54, 1.807) is 17.0 Å². The Morgan fingerprint density at radius 3 is 2.76 bits per heavy atom. The molecule has 3 atom stereocenters. The van der Waals surface area contributed by atoms with E-state index in [0.29, 0.717) is 37.0 Å². The second kappa shape index (κ2) is 8.39. The highest BCUT2D eigenvalue weighted by Gasteiger charge is 2.42. The number of likely N-dealkylation sites (tertiary alicyclic amines) is 1. The maximum absolute atomic E-state index is 12.9. The Morgan fingerprint density at radius 1 is 1.32 bits per heavy atom. The topological polar surface area (TPSA) is 66.6 Å². The third-order valence-corrected chi connectivity index (χ3v) is 5.39. The van der Waals surface area contributed by atoms with Crippen LogP contribution in [0.5, 0.6) is 0 Å². The van der Waals surface area contributed by atoms with Crippen molar-refractivity contribution in [2.75, 3.05) is 24.5 Å². The molecule has 0 saturated carbocycles. The molecule has 3 unspecified atom stereocenters. The van der Waals surface area contributed by atoms with E-state index in [1.807, 2.05) is 17.0 Å². The van der Waals surface area contributed by atoms with Crippen LogP contribution >= 0.6 is 24.0 Å². The van der Waals surface area contributed by atoms with Crippen molar-refractivity contribution >= 4 is 41.5 Å². The first kappa shape index (κ1) is 20.0. The SMILES string of the molecule is CC1CCN(C(=O)C2CCN(c3cccc(Cl)c3)C2=O)C(CN)C1.Cl. The van der Waals surface area contributed by atoms with Gasteiger partial charge in [-0.2, -0.15) is 0 Å². The van der Waals surface area contributed by atoms with Crippen molar-refractivity contribution in [1.82, 2.24) is 4.90 Å². The van der Waals surface area contributed by atoms with E-state index in [1.165, 1.54) is 0 Å². The summed E-state index contributed by atoms with van der Waals surface area (Å²) in [5, 5.41) is 0.586. The van der Waals surface area contributed by atoms with Crippen LogP contribution in [0, 0.1) is 11.8 Å². The number of piperidine rings is 1. The molecule has 2 heterocycles. The Balaban J connectivity index is 0.00000225. The minimum atomic E-state index is -0.591. The zero-order valence-corrected chi connectivity index (χ0v) is 15.9. The number of carbonyl (C=O) groups is 2. The molecule has 2 N–H and O–H groups in total. The summed E-state index contributed by atoms with van der Waals surface area (Å²) < 4.78 is 0. The van der Waals surface area contributed by atoms with E-state index in [2.05, 4.69) is 6.92 Å². The number of nitrogens with two attached hydrogens (primary N) is 1. The first-order chi connectivity index (χ1) is 11.5. The molecular formula is C18H25Cl2N3O2. The molecule has 1 aromatic rings. The van der Waals surface area contributed by atoms with Gasteiger partial charge in [-0.25, -0.2) is 0 Å². The van der Waals surface area contributed by atoms with Gasteiger partial charge in [-0.15, -0.1) is 12.4 Å². The van der Waals surface area contributed by atoms with Gasteiger partial charge in [0.2, 0.25) is 11.8 Å². The van der Waals surface area contributed by atoms with Gasteiger partial charge in [0.1, 0.15) is 5.92 Å². The van der Waals surface area contributed by atoms with Crippen molar-refractivity contribution < 1.29 is 9.59 Å². The molecule has 5 nitrogen and oxygen atoms in total. The molecule has 0 aromatic heterocycles. The molecule has 0 aliphatic carbocycles. The van der Waals surface area contributed by atoms with E-state index in [0.717, 1.165) is 18.5 Å². The van der Waals surface area contributed by atoms with E-state index in [9.17, 15) is 9.59 Å². The third-order valence-electron chi connectivity index (χ3n) is 5.16. The van der Waals surface area contributed by atoms with E-state index in [-0.39, 0.29) is 30.3 Å². The molecule has 7 heteroatoms. The van der Waals surface area contributed by atoms with Gasteiger partial charge in [0.15, 0.2) is 0 Å². The number of hydrogen-bond acceptors (Lipinski definition) is 3. The molecule has 1 aromatic carbocycles. The number of anilines is 1. The van der Waals surface area contributed by atoms with Gasteiger partial charge in [-0.3, -0.25) is 9.59 Å². The van der Waals surface area contributed by atoms with Crippen molar-refractivity contribution in [2.45, 2.75) is 32.2 Å². The fraction of sp³-hybridized carbons (Fsp3) is 0.556. The van der Waals surface area contributed by atoms with Crippen molar-refractivity contribution in [2.24, 2.45) is 17.6 Å². The quantitative estimate of drug-likeness (QED) is 0.813. The van der Waals surface area contributed by atoms with Crippen LogP contribution in [0.25, 0.3) is 0 Å². The average molecular weight is 386 g/mol. The largest absolute Gasteiger partial charge is 0.338 e. The van der Waals surface area contributed by atoms with Gasteiger partial charge < -0.3 is 15.5 Å². The predicted molar refractivity (Wildman–Crippen MR) is 102 cm³/mol. The second-order valence-electron chi connectivity index (χ2n) is 6.86. The Morgan fingerprint density at radius 2 is 2.08 bits per heavy atom. The average Bonchev–Trinajstić information content (AvgIpc) is 2.95. The van der Waals surface area contributed by atoms with Crippen molar-refractivity contribution in [3.8, 4) is 0 Å². The molecule has 138 valence electrons. The smallest absolute Gasteiger partial charge is 0.239 e. The minimum Gasteiger partial charge on any atom is -0.338 e. The molecule has 0 radical (unpaired) electrons. The molecular weight excluding hydrogens is 361 g/mol. The van der Waals surface area contributed by atoms with Crippen LogP contribution in [0.15, 0.2) is 24.3 Å². The number of carbonyl (C=O) groups excluding carboxylic acids is 2. The molecule has 25 heavy (non-hydrogen) atoms. The minimum absolute atomic E-state index is 0. The molecule has 2 fully saturated rings. The van der Waals surface area contributed by atoms with E-state index < -0.39 is 5.92 Å². The first-order valence-corrected chi connectivity index (χ1v) is 8.96. The number of benzene rings is 1. The lowest BCUT2D eigenvalue weighted by atomic mass is 9.91. The highest BCUT2D eigenvalue weighted by molar-refractivity contribution is 6.31. The summed E-state index contributed by atoms with van der Waals surface area (Å²) in [5.41, 5.74) is 6.61. The molecule has 2 aliphatic rings. The van der Waals surface area contributed by atoms with Crippen LogP contribution in [0.1, 0.15) is 26.2 Å². The number of amides is 2. The molecule has 2 aliphatic heterocycles. The zero-order chi connectivity index (χ0) is 17.3. The van der Waals surface area contributed by atoms with Crippen LogP contribution in [0.4, 0.5) is 5.69 Å². The van der Waals surface area contributed by atoms with Crippen LogP contribution < -0.4 is 10.6 Å². The fourth-order valence-corrected chi connectivity index (χ4v) is 3.96. The zero-order valence-electron chi connectivity index (χ0n) is 14.4. The van der Waals surface area contributed by atoms with Gasteiger partial charge in [0.25, 0.3) is 0 Å². The summed E-state index contributed by atoms with van der Waals surface area (Å²) in [6.07, 6.45) is 2.44. The highest BCUT2D eigenvalue weighted by Crippen LogP contribution is 2.30. The lowest BCUT2D eigenvalue weighted by Gasteiger charge is -2.39. The summed E-state index contributed by atoms with van der Waals surface area (Å²) in [6, 6.07) is 7.25. The standard InChI is InChI=1S/C18H24ClN3O2.ClH/c1-12-5-7-22(15(9-12)11-20)18(24)16-6-8-21(17(16)23)14-4-2-3-13(19)10-14;/h2-4,10,12,15-16H,5-9,11,20H2,1H3;1H. The summed E-state index contributed by atoms with van der Waals surface area (Å²) in [6.45, 7) is 3.89. The van der Waals surface area contributed by atoms with Crippen LogP contribution in [-0.4, -0.2) is 42.4 Å². The number of nitrogens with zero attached hydrogens (tertiary/aromatic N) is 2. The lowest BCUT2D eigenvalue weighted by molar-refractivity contribution is -0.143. The molecule has 2 amide bonds. The predicted octanol–water partition coefficient (Wildman–Crippen LogP) is 2.70. The number of halogens is 2. The summed E-state index contributed by atoms with van der Waals surface area (Å²) in [4.78, 5) is 29.2. The monoisotopic (exact) mass is 385 g/mol. The third kappa shape index (κ3) is 4.10. The van der Waals surface area contributed by atoms with E-state index in [4.69, 9.17) is 17.3 Å². The molecule has 0 spiro atoms. The maximum Gasteiger partial charge on any atom is 0.239 e. The first-order valence-electron chi connectivity index (χ1n) is 8.58. The highest BCUT2D eigenvalue weighted by atomic mass is 35.5. The van der Waals surface area contributed by atoms with Crippen LogP contribution in [-0.2, 0) is 9.59 Å². The maximum atomic E-state index is 12.9. The van der Waals surface area contributed by atoms with Gasteiger partial charge >= 0.3 is 0 Å². The molecule has 0 bridgehead atoms. The molecule has 3 rings (SSSR count). The van der Waals surface area contributed by atoms with Gasteiger partial charge in [0, 0.05) is 36.4 Å². The van der Waals surface area contributed by atoms with E-state index >= 15 is 0 Å². The van der Waals surface area contributed by atoms with Gasteiger partial charge in [0.05, 0.1) is 0 Å². The fourth-order valence-electron chi connectivity index (χ4n) is 3.77. The van der Waals surface area contributed by atoms with Crippen molar-refractivity contribution in [3.63, 3.8) is 0 Å². The Kier molecular flexibility index (Phi) is 6.72. The summed E-state index contributed by atoms with van der Waals surface area (Å²) in [7, 11) is 0. The Hall–Kier alpha value is -1.30. The number of hydrogen-bond donors (Lipinski definition) is 1. The van der Waals surface area contributed by atoms with Gasteiger partial charge in [-0.05, 0) is 43.4 Å². The van der Waals surface area contributed by atoms with Crippen LogP contribution in [0.2, 0.25) is 5.02 Å². The second-order valence-corrected chi connectivity index (χ2v) is 7.30. The number of rotatable bonds is 3. The van der Waals surface area contributed by atoms with Gasteiger partial charge in [-0.1, -0.05) is 24.6 Å². The Bertz CT molecular complexity index is 641.